The molecule has 0 spiro atoms. The average molecular weight is 1710 g/mol. The minimum Gasteiger partial charge on any atom is -0.497 e. The first-order chi connectivity index (χ1) is 60.2. The number of benzene rings is 9. The fraction of sp³-hybridized carbons (Fsp3) is 0.266. The van der Waals surface area contributed by atoms with E-state index in [1.807, 2.05) is 123 Å². The number of carbonyl (C=O) groups is 3. The van der Waals surface area contributed by atoms with Crippen LogP contribution in [0.2, 0.25) is 10.0 Å². The summed E-state index contributed by atoms with van der Waals surface area (Å²) in [6, 6.07) is 65.7. The summed E-state index contributed by atoms with van der Waals surface area (Å²) < 4.78 is 32.9. The van der Waals surface area contributed by atoms with Crippen molar-refractivity contribution in [1.29, 1.82) is 0 Å². The maximum Gasteiger partial charge on any atom is 0.332 e. The number of aryl methyl sites for hydroxylation is 2. The second-order valence-electron chi connectivity index (χ2n) is 29.8. The largest absolute Gasteiger partial charge is 0.497 e. The van der Waals surface area contributed by atoms with E-state index in [0.717, 1.165) is 141 Å². The highest BCUT2D eigenvalue weighted by molar-refractivity contribution is 6.40. The molecule has 3 fully saturated rings. The summed E-state index contributed by atoms with van der Waals surface area (Å²) in [5, 5.41) is 13.1. The Morgan fingerprint density at radius 3 is 1.25 bits per heavy atom. The van der Waals surface area contributed by atoms with Gasteiger partial charge in [0.15, 0.2) is 0 Å². The van der Waals surface area contributed by atoms with E-state index in [2.05, 4.69) is 138 Å². The number of para-hydroxylation sites is 2. The van der Waals surface area contributed by atoms with E-state index in [9.17, 15) is 14.4 Å². The maximum atomic E-state index is 13.9. The van der Waals surface area contributed by atoms with Crippen LogP contribution in [0, 0.1) is 13.8 Å². The Kier molecular flexibility index (Phi) is 30.1. The molecule has 30 heteroatoms. The normalized spacial score (nSPS) is 13.5. The Morgan fingerprint density at radius 2 is 0.798 bits per heavy atom. The van der Waals surface area contributed by atoms with Gasteiger partial charge in [-0.15, -0.1) is 0 Å². The van der Waals surface area contributed by atoms with Gasteiger partial charge in [0.2, 0.25) is 5.91 Å². The molecule has 0 bridgehead atoms. The van der Waals surface area contributed by atoms with Crippen molar-refractivity contribution in [2.75, 3.05) is 193 Å². The van der Waals surface area contributed by atoms with E-state index in [-0.39, 0.29) is 23.8 Å². The van der Waals surface area contributed by atoms with Crippen molar-refractivity contribution in [2.45, 2.75) is 26.7 Å². The van der Waals surface area contributed by atoms with Crippen LogP contribution in [0.5, 0.6) is 34.5 Å². The number of ether oxygens (including phenoxy) is 6. The number of nitrogens with one attached hydrogen (secondary N) is 4. The van der Waals surface area contributed by atoms with Gasteiger partial charge in [0.1, 0.15) is 82.6 Å². The fourth-order valence-electron chi connectivity index (χ4n) is 14.4. The van der Waals surface area contributed by atoms with Crippen molar-refractivity contribution in [3.8, 4) is 34.5 Å². The van der Waals surface area contributed by atoms with Crippen LogP contribution in [-0.4, -0.2) is 205 Å². The molecule has 0 aliphatic carbocycles. The Bertz CT molecular complexity index is 5580. The van der Waals surface area contributed by atoms with Gasteiger partial charge in [-0.1, -0.05) is 77.8 Å². The van der Waals surface area contributed by atoms with E-state index < -0.39 is 12.1 Å². The Morgan fingerprint density at radius 1 is 0.387 bits per heavy atom. The highest BCUT2D eigenvalue weighted by atomic mass is 35.5. The van der Waals surface area contributed by atoms with Crippen molar-refractivity contribution in [1.82, 2.24) is 44.6 Å². The number of rotatable bonds is 25. The molecule has 15 rings (SSSR count). The van der Waals surface area contributed by atoms with Crippen LogP contribution in [0.25, 0.3) is 0 Å². The molecule has 3 saturated heterocycles. The molecule has 12 aromatic rings. The van der Waals surface area contributed by atoms with E-state index in [0.29, 0.717) is 79.8 Å². The molecule has 0 unspecified atom stereocenters. The van der Waals surface area contributed by atoms with Crippen LogP contribution in [0.4, 0.5) is 95.6 Å². The summed E-state index contributed by atoms with van der Waals surface area (Å²) >= 11 is 12.7. The highest BCUT2D eigenvalue weighted by Crippen LogP contribution is 2.42. The number of methoxy groups -OCH3 is 6. The van der Waals surface area contributed by atoms with Crippen molar-refractivity contribution in [3.63, 3.8) is 0 Å². The first kappa shape index (κ1) is 88.3. The summed E-state index contributed by atoms with van der Waals surface area (Å²) in [7, 11) is 15.9. The lowest BCUT2D eigenvalue weighted by Gasteiger charge is -2.34. The average Bonchev–Trinajstić information content (AvgIpc) is 0.798. The van der Waals surface area contributed by atoms with E-state index in [1.54, 1.807) is 107 Å². The molecule has 0 saturated carbocycles. The lowest BCUT2D eigenvalue weighted by Crippen LogP contribution is -2.44. The Hall–Kier alpha value is -13.5. The Balaban J connectivity index is 0.000000160. The van der Waals surface area contributed by atoms with Crippen molar-refractivity contribution < 1.29 is 42.8 Å². The van der Waals surface area contributed by atoms with Gasteiger partial charge in [-0.3, -0.25) is 9.69 Å². The van der Waals surface area contributed by atoms with Gasteiger partial charge < -0.3 is 79.1 Å². The molecule has 6 heterocycles. The zero-order valence-corrected chi connectivity index (χ0v) is 73.0. The number of hydrogen-bond donors (Lipinski definition) is 4. The third-order valence-electron chi connectivity index (χ3n) is 21.7. The number of hydrogen-bond acceptors (Lipinski definition) is 23. The quantitative estimate of drug-likeness (QED) is 0.0414. The second kappa shape index (κ2) is 42.3. The van der Waals surface area contributed by atoms with Crippen LogP contribution >= 0.6 is 23.2 Å². The lowest BCUT2D eigenvalue weighted by atomic mass is 10.0. The molecule has 28 nitrogen and oxygen atoms in total. The molecule has 0 atom stereocenters. The number of aromatic nitrogens is 6. The summed E-state index contributed by atoms with van der Waals surface area (Å²) in [5.41, 5.74) is 12.7. The monoisotopic (exact) mass is 1710 g/mol. The molecular weight excluding hydrogens is 1610 g/mol. The summed E-state index contributed by atoms with van der Waals surface area (Å²) in [6.07, 6.45) is 5.12. The number of amides is 5. The van der Waals surface area contributed by atoms with Crippen LogP contribution in [-0.2, 0) is 17.6 Å². The number of urea groups is 2. The topological polar surface area (TPSA) is 261 Å². The molecule has 642 valence electrons. The smallest absolute Gasteiger partial charge is 0.332 e. The molecule has 124 heavy (non-hydrogen) atoms. The fourth-order valence-corrected chi connectivity index (χ4v) is 14.9. The van der Waals surface area contributed by atoms with Gasteiger partial charge in [-0.25, -0.2) is 49.3 Å². The molecular formula is C94H103Cl2N19O9. The zero-order chi connectivity index (χ0) is 87.2. The third-order valence-corrected chi connectivity index (χ3v) is 22.3. The van der Waals surface area contributed by atoms with Gasteiger partial charge in [0, 0.05) is 161 Å². The minimum atomic E-state index is -0.561. The van der Waals surface area contributed by atoms with Gasteiger partial charge in [-0.2, -0.15) is 0 Å². The van der Waals surface area contributed by atoms with Gasteiger partial charge >= 0.3 is 12.1 Å². The Labute approximate surface area is 733 Å². The van der Waals surface area contributed by atoms with Crippen molar-refractivity contribution in [2.24, 2.45) is 0 Å². The highest BCUT2D eigenvalue weighted by Gasteiger charge is 2.30. The van der Waals surface area contributed by atoms with E-state index >= 15 is 0 Å². The molecule has 9 aromatic carbocycles. The minimum absolute atomic E-state index is 0.0571. The molecule has 4 N–H and O–H groups in total. The standard InChI is InChI=1S/C33H37N5O3.C31H35N7O3.C30H31Cl2N7O3/c1-24-7-5-6-8-25(24)20-33(39)38(29-12-10-28(11-13-29)37-17-15-36(2)16-18-37)32-21-27(34-23-35-32)19-26-9-14-30(40-3)22-31(26)41-4;1-22-7-5-6-8-26(22)35-31(39)38(27-14-13-25(40-3)19-28(27)41-4)30-20-29(32-21-33-30)34-23-9-11-24(12-10-23)37-17-15-36(2)16-18-37;1-37-13-15-38(16-14-37)21-9-7-20(8-10-21)35-27-18-28(34-19-33-27)39(25-12-11-22(41-2)17-26(25)42-3)30(40)36-29-23(31)5-4-6-24(29)32/h5-14,21-23H,15-20H2,1-4H3;5-14,19-21H,15-18H2,1-4H3,(H,35,39)(H,32,33,34);4-12,17-19H,13-16H2,1-3H3,(H,36,40)(H,33,34,35). The van der Waals surface area contributed by atoms with E-state index in [4.69, 9.17) is 51.6 Å². The van der Waals surface area contributed by atoms with Gasteiger partial charge in [0.05, 0.1) is 87.6 Å². The number of halogens is 2. The maximum absolute atomic E-state index is 13.9. The number of anilines is 15. The predicted molar refractivity (Wildman–Crippen MR) is 495 cm³/mol. The number of piperazine rings is 3. The molecule has 0 radical (unpaired) electrons. The van der Waals surface area contributed by atoms with Crippen LogP contribution in [0.1, 0.15) is 27.9 Å². The number of carbonyl (C=O) groups excluding carboxylic acids is 3. The van der Waals surface area contributed by atoms with Crippen LogP contribution in [0.3, 0.4) is 0 Å². The summed E-state index contributed by atoms with van der Waals surface area (Å²) in [4.78, 5) is 87.0. The summed E-state index contributed by atoms with van der Waals surface area (Å²) in [5.74, 6) is 5.63. The second-order valence-corrected chi connectivity index (χ2v) is 30.6. The number of nitrogens with zero attached hydrogens (tertiary/aromatic N) is 15. The SMILES string of the molecule is COc1ccc(Cc2cc(N(C(=O)Cc3ccccc3C)c3ccc(N4CCN(C)CC4)cc3)ncn2)c(OC)c1.COc1ccc(N(C(=O)Nc2c(Cl)cccc2Cl)c2cc(Nc3ccc(N4CCN(C)CC4)cc3)ncn2)c(OC)c1.COc1ccc(N(C(=O)Nc2ccccc2C)c2cc(Nc3ccc(N4CCN(C)CC4)cc3)ncn2)c(OC)c1. The van der Waals surface area contributed by atoms with Gasteiger partial charge in [-0.05, 0) is 173 Å². The van der Waals surface area contributed by atoms with Crippen molar-refractivity contribution >= 4 is 127 Å². The molecule has 3 aliphatic heterocycles. The van der Waals surface area contributed by atoms with Gasteiger partial charge in [0.25, 0.3) is 0 Å². The molecule has 3 aromatic heterocycles. The van der Waals surface area contributed by atoms with Crippen molar-refractivity contribution in [3.05, 3.63) is 269 Å². The third kappa shape index (κ3) is 22.6. The van der Waals surface area contributed by atoms with E-state index in [1.165, 1.54) is 47.3 Å². The lowest BCUT2D eigenvalue weighted by molar-refractivity contribution is -0.117. The summed E-state index contributed by atoms with van der Waals surface area (Å²) in [6.45, 7) is 16.2. The molecule has 3 aliphatic rings. The molecule has 5 amide bonds. The first-order valence-corrected chi connectivity index (χ1v) is 41.4. The predicted octanol–water partition coefficient (Wildman–Crippen LogP) is 17.4. The van der Waals surface area contributed by atoms with Crippen LogP contribution in [0.15, 0.2) is 231 Å². The van der Waals surface area contributed by atoms with Crippen LogP contribution < -0.4 is 79.1 Å². The number of likely N-dealkylation sites (N-methyl/N-ethyl adjacent to an activating group) is 3. The zero-order valence-electron chi connectivity index (χ0n) is 71.5. The first-order valence-electron chi connectivity index (χ1n) is 40.6.